The van der Waals surface area contributed by atoms with Crippen molar-refractivity contribution in [3.63, 3.8) is 0 Å². The maximum Gasteiger partial charge on any atom is 0.240 e. The Labute approximate surface area is 127 Å². The normalized spacial score (nSPS) is 21.3. The lowest BCUT2D eigenvalue weighted by Crippen LogP contribution is -2.57. The SMILES string of the molecule is CC(C)N(Cc1ccccn1)C(=O)C1NCCCC1(C)C. The molecule has 1 aromatic rings. The highest BCUT2D eigenvalue weighted by Gasteiger charge is 2.39. The van der Waals surface area contributed by atoms with Gasteiger partial charge in [0.1, 0.15) is 0 Å². The first-order valence-corrected chi connectivity index (χ1v) is 7.85. The van der Waals surface area contributed by atoms with Crippen LogP contribution in [0, 0.1) is 5.41 Å². The van der Waals surface area contributed by atoms with Crippen LogP contribution in [0.3, 0.4) is 0 Å². The van der Waals surface area contributed by atoms with Crippen LogP contribution in [0.4, 0.5) is 0 Å². The summed E-state index contributed by atoms with van der Waals surface area (Å²) in [6.07, 6.45) is 4.01. The molecule has 1 aliphatic rings. The van der Waals surface area contributed by atoms with Crippen molar-refractivity contribution in [1.82, 2.24) is 15.2 Å². The molecule has 21 heavy (non-hydrogen) atoms. The number of aromatic nitrogens is 1. The Morgan fingerprint density at radius 3 is 2.81 bits per heavy atom. The van der Waals surface area contributed by atoms with Crippen molar-refractivity contribution >= 4 is 5.91 Å². The number of amides is 1. The van der Waals surface area contributed by atoms with Gasteiger partial charge in [-0.2, -0.15) is 0 Å². The van der Waals surface area contributed by atoms with E-state index in [4.69, 9.17) is 0 Å². The quantitative estimate of drug-likeness (QED) is 0.926. The molecular formula is C17H27N3O. The summed E-state index contributed by atoms with van der Waals surface area (Å²) in [7, 11) is 0. The fourth-order valence-electron chi connectivity index (χ4n) is 2.98. The molecule has 0 saturated carbocycles. The van der Waals surface area contributed by atoms with Crippen molar-refractivity contribution in [2.45, 2.75) is 59.2 Å². The minimum atomic E-state index is -0.0997. The van der Waals surface area contributed by atoms with E-state index < -0.39 is 0 Å². The van der Waals surface area contributed by atoms with Gasteiger partial charge >= 0.3 is 0 Å². The highest BCUT2D eigenvalue weighted by Crippen LogP contribution is 2.31. The number of hydrogen-bond acceptors (Lipinski definition) is 3. The number of piperidine rings is 1. The summed E-state index contributed by atoms with van der Waals surface area (Å²) in [5.41, 5.74) is 0.945. The maximum absolute atomic E-state index is 13.0. The number of nitrogens with zero attached hydrogens (tertiary/aromatic N) is 2. The fourth-order valence-corrected chi connectivity index (χ4v) is 2.98. The van der Waals surface area contributed by atoms with E-state index >= 15 is 0 Å². The molecule has 116 valence electrons. The highest BCUT2D eigenvalue weighted by molar-refractivity contribution is 5.83. The number of carbonyl (C=O) groups excluding carboxylic acids is 1. The summed E-state index contributed by atoms with van der Waals surface area (Å²) in [5, 5.41) is 3.42. The van der Waals surface area contributed by atoms with Gasteiger partial charge in [0, 0.05) is 12.2 Å². The zero-order valence-electron chi connectivity index (χ0n) is 13.6. The molecule has 0 aromatic carbocycles. The van der Waals surface area contributed by atoms with Crippen LogP contribution in [-0.2, 0) is 11.3 Å². The van der Waals surface area contributed by atoms with E-state index in [1.54, 1.807) is 6.20 Å². The molecule has 0 bridgehead atoms. The number of hydrogen-bond donors (Lipinski definition) is 1. The molecule has 1 unspecified atom stereocenters. The Morgan fingerprint density at radius 1 is 1.48 bits per heavy atom. The van der Waals surface area contributed by atoms with E-state index in [9.17, 15) is 4.79 Å². The van der Waals surface area contributed by atoms with Crippen molar-refractivity contribution < 1.29 is 4.79 Å². The smallest absolute Gasteiger partial charge is 0.240 e. The highest BCUT2D eigenvalue weighted by atomic mass is 16.2. The predicted molar refractivity (Wildman–Crippen MR) is 84.7 cm³/mol. The maximum atomic E-state index is 13.0. The second-order valence-corrected chi connectivity index (χ2v) is 6.86. The second-order valence-electron chi connectivity index (χ2n) is 6.86. The first-order valence-electron chi connectivity index (χ1n) is 7.85. The van der Waals surface area contributed by atoms with Crippen molar-refractivity contribution in [2.24, 2.45) is 5.41 Å². The van der Waals surface area contributed by atoms with Gasteiger partial charge in [0.2, 0.25) is 5.91 Å². The number of rotatable bonds is 4. The molecule has 1 saturated heterocycles. The lowest BCUT2D eigenvalue weighted by atomic mass is 9.77. The van der Waals surface area contributed by atoms with Gasteiger partial charge in [0.05, 0.1) is 18.3 Å². The van der Waals surface area contributed by atoms with Gasteiger partial charge in [0.25, 0.3) is 0 Å². The Hall–Kier alpha value is -1.42. The molecule has 2 rings (SSSR count). The van der Waals surface area contributed by atoms with Gasteiger partial charge < -0.3 is 10.2 Å². The van der Waals surface area contributed by atoms with E-state index in [2.05, 4.69) is 38.0 Å². The minimum absolute atomic E-state index is 0.00654. The van der Waals surface area contributed by atoms with Crippen LogP contribution >= 0.6 is 0 Å². The Kier molecular flexibility index (Phi) is 4.99. The monoisotopic (exact) mass is 289 g/mol. The van der Waals surface area contributed by atoms with Crippen LogP contribution in [0.2, 0.25) is 0 Å². The molecule has 1 aliphatic heterocycles. The van der Waals surface area contributed by atoms with Crippen molar-refractivity contribution in [1.29, 1.82) is 0 Å². The largest absolute Gasteiger partial charge is 0.333 e. The van der Waals surface area contributed by atoms with E-state index in [0.717, 1.165) is 25.1 Å². The summed E-state index contributed by atoms with van der Waals surface area (Å²) < 4.78 is 0. The number of pyridine rings is 1. The summed E-state index contributed by atoms with van der Waals surface area (Å²) in [6, 6.07) is 5.91. The minimum Gasteiger partial charge on any atom is -0.333 e. The topological polar surface area (TPSA) is 45.2 Å². The first-order chi connectivity index (χ1) is 9.92. The molecule has 1 atom stereocenters. The van der Waals surface area contributed by atoms with E-state index in [1.807, 2.05) is 23.1 Å². The van der Waals surface area contributed by atoms with Crippen LogP contribution in [-0.4, -0.2) is 34.4 Å². The molecule has 4 heteroatoms. The van der Waals surface area contributed by atoms with Crippen LogP contribution in [0.1, 0.15) is 46.2 Å². The molecule has 4 nitrogen and oxygen atoms in total. The molecular weight excluding hydrogens is 262 g/mol. The van der Waals surface area contributed by atoms with Crippen molar-refractivity contribution in [2.75, 3.05) is 6.54 Å². The Balaban J connectivity index is 2.16. The van der Waals surface area contributed by atoms with Gasteiger partial charge in [-0.25, -0.2) is 0 Å². The lowest BCUT2D eigenvalue weighted by molar-refractivity contribution is -0.139. The van der Waals surface area contributed by atoms with Crippen molar-refractivity contribution in [3.05, 3.63) is 30.1 Å². The third kappa shape index (κ3) is 3.82. The van der Waals surface area contributed by atoms with Crippen LogP contribution in [0.5, 0.6) is 0 Å². The van der Waals surface area contributed by atoms with Gasteiger partial charge in [-0.3, -0.25) is 9.78 Å². The zero-order valence-corrected chi connectivity index (χ0v) is 13.6. The average molecular weight is 289 g/mol. The number of carbonyl (C=O) groups is 1. The molecule has 1 fully saturated rings. The zero-order chi connectivity index (χ0) is 15.5. The summed E-state index contributed by atoms with van der Waals surface area (Å²) in [6.45, 7) is 10.00. The lowest BCUT2D eigenvalue weighted by Gasteiger charge is -2.41. The van der Waals surface area contributed by atoms with Gasteiger partial charge in [-0.1, -0.05) is 19.9 Å². The fraction of sp³-hybridized carbons (Fsp3) is 0.647. The van der Waals surface area contributed by atoms with E-state index in [-0.39, 0.29) is 23.4 Å². The third-order valence-corrected chi connectivity index (χ3v) is 4.34. The summed E-state index contributed by atoms with van der Waals surface area (Å²) >= 11 is 0. The molecule has 1 aromatic heterocycles. The molecule has 0 radical (unpaired) electrons. The molecule has 2 heterocycles. The van der Waals surface area contributed by atoms with E-state index in [1.165, 1.54) is 0 Å². The second kappa shape index (κ2) is 6.56. The summed E-state index contributed by atoms with van der Waals surface area (Å²) in [4.78, 5) is 19.3. The molecule has 0 aliphatic carbocycles. The average Bonchev–Trinajstić information content (AvgIpc) is 2.44. The summed E-state index contributed by atoms with van der Waals surface area (Å²) in [5.74, 6) is 0.195. The van der Waals surface area contributed by atoms with Crippen molar-refractivity contribution in [3.8, 4) is 0 Å². The Bertz CT molecular complexity index is 470. The standard InChI is InChI=1S/C17H27N3O/c1-13(2)20(12-14-8-5-6-10-18-14)16(21)15-17(3,4)9-7-11-19-15/h5-6,8,10,13,15,19H,7,9,11-12H2,1-4H3. The van der Waals surface area contributed by atoms with Gasteiger partial charge in [0.15, 0.2) is 0 Å². The van der Waals surface area contributed by atoms with Gasteiger partial charge in [-0.15, -0.1) is 0 Å². The first kappa shape index (κ1) is 16.0. The van der Waals surface area contributed by atoms with Gasteiger partial charge in [-0.05, 0) is 50.8 Å². The predicted octanol–water partition coefficient (Wildman–Crippen LogP) is 2.60. The van der Waals surface area contributed by atoms with Crippen LogP contribution in [0.25, 0.3) is 0 Å². The molecule has 1 amide bonds. The molecule has 0 spiro atoms. The molecule has 1 N–H and O–H groups in total. The van der Waals surface area contributed by atoms with Crippen LogP contribution in [0.15, 0.2) is 24.4 Å². The Morgan fingerprint density at radius 2 is 2.24 bits per heavy atom. The van der Waals surface area contributed by atoms with Crippen LogP contribution < -0.4 is 5.32 Å². The van der Waals surface area contributed by atoms with E-state index in [0.29, 0.717) is 6.54 Å². The third-order valence-electron chi connectivity index (χ3n) is 4.34. The number of nitrogens with one attached hydrogen (secondary N) is 1.